The van der Waals surface area contributed by atoms with E-state index in [1.807, 2.05) is 0 Å². The maximum Gasteiger partial charge on any atom is 0.306 e. The lowest BCUT2D eigenvalue weighted by Crippen LogP contribution is -2.30. The molecule has 0 aromatic carbocycles. The van der Waals surface area contributed by atoms with Crippen LogP contribution in [0.15, 0.2) is 0 Å². The smallest absolute Gasteiger partial charge is 0.306 e. The Balaban J connectivity index is 4.22. The van der Waals surface area contributed by atoms with Crippen molar-refractivity contribution in [3.05, 3.63) is 0 Å². The lowest BCUT2D eigenvalue weighted by molar-refractivity contribution is -0.167. The van der Waals surface area contributed by atoms with Crippen molar-refractivity contribution in [2.24, 2.45) is 5.92 Å². The van der Waals surface area contributed by atoms with Crippen LogP contribution in [0.25, 0.3) is 0 Å². The van der Waals surface area contributed by atoms with Gasteiger partial charge in [0.15, 0.2) is 6.10 Å². The van der Waals surface area contributed by atoms with E-state index >= 15 is 0 Å². The third kappa shape index (κ3) is 53.2. The van der Waals surface area contributed by atoms with Crippen LogP contribution in [0.4, 0.5) is 0 Å². The van der Waals surface area contributed by atoms with Gasteiger partial charge >= 0.3 is 17.9 Å². The summed E-state index contributed by atoms with van der Waals surface area (Å²) in [6, 6.07) is 0. The SMILES string of the molecule is CCCCCCCCCCCCCCCCCCCC(=O)OC[C@@H](COC(=O)CCCCCCCCCCCCCCCCCCC(C)C)OC(=O)CCCCCCCCCCCCC. The molecule has 0 unspecified atom stereocenters. The van der Waals surface area contributed by atoms with Gasteiger partial charge in [-0.15, -0.1) is 0 Å². The van der Waals surface area contributed by atoms with E-state index in [9.17, 15) is 14.4 Å². The normalized spacial score (nSPS) is 12.0. The molecule has 0 aliphatic heterocycles. The Kier molecular flexibility index (Phi) is 52.1. The van der Waals surface area contributed by atoms with Gasteiger partial charge in [-0.2, -0.15) is 0 Å². The van der Waals surface area contributed by atoms with E-state index < -0.39 is 6.10 Å². The third-order valence-electron chi connectivity index (χ3n) is 13.5. The number of hydrogen-bond donors (Lipinski definition) is 0. The van der Waals surface area contributed by atoms with Gasteiger partial charge in [-0.1, -0.05) is 297 Å². The molecule has 0 amide bonds. The molecule has 0 rings (SSSR count). The van der Waals surface area contributed by atoms with Gasteiger partial charge in [0.2, 0.25) is 0 Å². The number of unbranched alkanes of at least 4 members (excludes halogenated alkanes) is 41. The Morgan fingerprint density at radius 3 is 0.754 bits per heavy atom. The van der Waals surface area contributed by atoms with Crippen molar-refractivity contribution in [1.29, 1.82) is 0 Å². The number of carbonyl (C=O) groups excluding carboxylic acids is 3. The summed E-state index contributed by atoms with van der Waals surface area (Å²) >= 11 is 0. The molecule has 386 valence electrons. The monoisotopic (exact) mass is 919 g/mol. The van der Waals surface area contributed by atoms with Crippen molar-refractivity contribution in [3.8, 4) is 0 Å². The van der Waals surface area contributed by atoms with Crippen LogP contribution in [-0.4, -0.2) is 37.2 Å². The average molecular weight is 920 g/mol. The van der Waals surface area contributed by atoms with Crippen molar-refractivity contribution in [1.82, 2.24) is 0 Å². The largest absolute Gasteiger partial charge is 0.462 e. The fraction of sp³-hybridized carbons (Fsp3) is 0.949. The zero-order valence-electron chi connectivity index (χ0n) is 44.5. The van der Waals surface area contributed by atoms with Gasteiger partial charge in [0.1, 0.15) is 13.2 Å². The minimum atomic E-state index is -0.761. The highest BCUT2D eigenvalue weighted by molar-refractivity contribution is 5.71. The topological polar surface area (TPSA) is 78.9 Å². The van der Waals surface area contributed by atoms with Gasteiger partial charge in [-0.25, -0.2) is 0 Å². The van der Waals surface area contributed by atoms with Gasteiger partial charge < -0.3 is 14.2 Å². The summed E-state index contributed by atoms with van der Waals surface area (Å²) in [7, 11) is 0. The lowest BCUT2D eigenvalue weighted by Gasteiger charge is -2.18. The molecule has 0 radical (unpaired) electrons. The van der Waals surface area contributed by atoms with Crippen LogP contribution in [0.1, 0.15) is 336 Å². The Bertz CT molecular complexity index is 980. The van der Waals surface area contributed by atoms with Crippen LogP contribution in [0.2, 0.25) is 0 Å². The van der Waals surface area contributed by atoms with Gasteiger partial charge in [-0.05, 0) is 25.2 Å². The van der Waals surface area contributed by atoms with Crippen LogP contribution in [0.3, 0.4) is 0 Å². The summed E-state index contributed by atoms with van der Waals surface area (Å²) in [5, 5.41) is 0. The van der Waals surface area contributed by atoms with Gasteiger partial charge in [-0.3, -0.25) is 14.4 Å². The van der Waals surface area contributed by atoms with Crippen molar-refractivity contribution >= 4 is 17.9 Å². The Morgan fingerprint density at radius 1 is 0.292 bits per heavy atom. The van der Waals surface area contributed by atoms with E-state index in [4.69, 9.17) is 14.2 Å². The average Bonchev–Trinajstić information content (AvgIpc) is 3.29. The van der Waals surface area contributed by atoms with Crippen LogP contribution in [-0.2, 0) is 28.6 Å². The Hall–Kier alpha value is -1.59. The molecule has 0 spiro atoms. The first-order chi connectivity index (χ1) is 31.9. The van der Waals surface area contributed by atoms with E-state index in [0.717, 1.165) is 63.7 Å². The van der Waals surface area contributed by atoms with Crippen LogP contribution >= 0.6 is 0 Å². The molecule has 6 heteroatoms. The van der Waals surface area contributed by atoms with E-state index in [2.05, 4.69) is 27.7 Å². The Morgan fingerprint density at radius 2 is 0.508 bits per heavy atom. The van der Waals surface area contributed by atoms with Gasteiger partial charge in [0.05, 0.1) is 0 Å². The van der Waals surface area contributed by atoms with Crippen LogP contribution < -0.4 is 0 Å². The van der Waals surface area contributed by atoms with Crippen LogP contribution in [0, 0.1) is 5.92 Å². The molecule has 0 saturated carbocycles. The summed E-state index contributed by atoms with van der Waals surface area (Å²) in [5.41, 5.74) is 0. The van der Waals surface area contributed by atoms with Crippen molar-refractivity contribution in [2.75, 3.05) is 13.2 Å². The molecule has 0 fully saturated rings. The number of hydrogen-bond acceptors (Lipinski definition) is 6. The minimum absolute atomic E-state index is 0.0618. The molecule has 0 bridgehead atoms. The van der Waals surface area contributed by atoms with Crippen molar-refractivity contribution in [2.45, 2.75) is 342 Å². The van der Waals surface area contributed by atoms with Crippen molar-refractivity contribution in [3.63, 3.8) is 0 Å². The molecule has 0 aliphatic rings. The zero-order chi connectivity index (χ0) is 47.4. The van der Waals surface area contributed by atoms with E-state index in [1.54, 1.807) is 0 Å². The van der Waals surface area contributed by atoms with E-state index in [-0.39, 0.29) is 31.1 Å². The summed E-state index contributed by atoms with van der Waals surface area (Å²) in [4.78, 5) is 38.1. The second-order valence-electron chi connectivity index (χ2n) is 20.8. The fourth-order valence-corrected chi connectivity index (χ4v) is 9.10. The number of carbonyl (C=O) groups is 3. The second kappa shape index (κ2) is 53.4. The number of esters is 3. The van der Waals surface area contributed by atoms with E-state index in [0.29, 0.717) is 19.3 Å². The lowest BCUT2D eigenvalue weighted by atomic mass is 10.0. The molecule has 1 atom stereocenters. The summed E-state index contributed by atoms with van der Waals surface area (Å²) in [6.45, 7) is 9.07. The molecule has 0 N–H and O–H groups in total. The Labute approximate surface area is 406 Å². The van der Waals surface area contributed by atoms with Gasteiger partial charge in [0, 0.05) is 19.3 Å². The summed E-state index contributed by atoms with van der Waals surface area (Å²) in [6.07, 6.45) is 58.1. The molecular weight excluding hydrogens is 805 g/mol. The highest BCUT2D eigenvalue weighted by Gasteiger charge is 2.19. The van der Waals surface area contributed by atoms with Crippen molar-refractivity contribution < 1.29 is 28.6 Å². The predicted octanol–water partition coefficient (Wildman–Crippen LogP) is 19.4. The quantitative estimate of drug-likeness (QED) is 0.0344. The molecule has 6 nitrogen and oxygen atoms in total. The maximum absolute atomic E-state index is 12.8. The first-order valence-corrected chi connectivity index (χ1v) is 29.4. The van der Waals surface area contributed by atoms with E-state index in [1.165, 1.54) is 231 Å². The maximum atomic E-state index is 12.8. The molecule has 0 aliphatic carbocycles. The highest BCUT2D eigenvalue weighted by Crippen LogP contribution is 2.18. The zero-order valence-corrected chi connectivity index (χ0v) is 44.5. The highest BCUT2D eigenvalue weighted by atomic mass is 16.6. The summed E-state index contributed by atoms with van der Waals surface area (Å²) < 4.78 is 16.9. The minimum Gasteiger partial charge on any atom is -0.462 e. The summed E-state index contributed by atoms with van der Waals surface area (Å²) in [5.74, 6) is 0.0178. The molecule has 0 heterocycles. The third-order valence-corrected chi connectivity index (χ3v) is 13.5. The standard InChI is InChI=1S/C59H114O6/c1-5-7-9-11-13-15-17-18-19-20-24-27-31-34-38-42-46-50-57(60)63-53-56(65-59(62)52-48-44-40-36-29-16-14-12-10-8-6-2)54-64-58(61)51-47-43-39-35-32-28-25-22-21-23-26-30-33-37-41-45-49-55(3)4/h55-56H,5-54H2,1-4H3/t56-/m0/s1. The molecular formula is C59H114O6. The first kappa shape index (κ1) is 63.4. The first-order valence-electron chi connectivity index (χ1n) is 29.4. The molecule has 0 aromatic heterocycles. The number of ether oxygens (including phenoxy) is 3. The molecule has 65 heavy (non-hydrogen) atoms. The number of rotatable bonds is 54. The van der Waals surface area contributed by atoms with Gasteiger partial charge in [0.25, 0.3) is 0 Å². The van der Waals surface area contributed by atoms with Crippen LogP contribution in [0.5, 0.6) is 0 Å². The predicted molar refractivity (Wildman–Crippen MR) is 280 cm³/mol. The molecule has 0 saturated heterocycles. The molecule has 0 aromatic rings. The fourth-order valence-electron chi connectivity index (χ4n) is 9.10. The second-order valence-corrected chi connectivity index (χ2v) is 20.8.